The fourth-order valence-electron chi connectivity index (χ4n) is 2.81. The van der Waals surface area contributed by atoms with Crippen LogP contribution in [0.15, 0.2) is 30.3 Å². The van der Waals surface area contributed by atoms with Gasteiger partial charge in [0.05, 0.1) is 0 Å². The minimum atomic E-state index is 0.276. The molecule has 0 unspecified atom stereocenters. The average molecular weight is 203 g/mol. The van der Waals surface area contributed by atoms with Crippen molar-refractivity contribution >= 4 is 0 Å². The molecule has 0 aromatic heterocycles. The van der Waals surface area contributed by atoms with Gasteiger partial charge in [-0.1, -0.05) is 56.0 Å². The van der Waals surface area contributed by atoms with Crippen molar-refractivity contribution in [3.8, 4) is 0 Å². The van der Waals surface area contributed by atoms with Crippen molar-refractivity contribution in [1.82, 2.24) is 0 Å². The third kappa shape index (κ3) is 2.23. The second kappa shape index (κ2) is 4.80. The Kier molecular flexibility index (Phi) is 3.42. The molecule has 2 N–H and O–H groups in total. The van der Waals surface area contributed by atoms with E-state index in [-0.39, 0.29) is 5.41 Å². The van der Waals surface area contributed by atoms with E-state index in [0.29, 0.717) is 0 Å². The van der Waals surface area contributed by atoms with Gasteiger partial charge in [0.15, 0.2) is 0 Å². The lowest BCUT2D eigenvalue weighted by Crippen LogP contribution is -2.34. The Labute approximate surface area is 92.7 Å². The smallest absolute Gasteiger partial charge is 0.00755 e. The van der Waals surface area contributed by atoms with E-state index in [1.807, 2.05) is 0 Å². The zero-order valence-electron chi connectivity index (χ0n) is 9.41. The van der Waals surface area contributed by atoms with E-state index >= 15 is 0 Å². The lowest BCUT2D eigenvalue weighted by molar-refractivity contribution is 0.381. The Morgan fingerprint density at radius 1 is 0.933 bits per heavy atom. The first-order chi connectivity index (χ1) is 7.37. The third-order valence-electron chi connectivity index (χ3n) is 3.84. The highest BCUT2D eigenvalue weighted by Gasteiger charge is 2.30. The Morgan fingerprint density at radius 2 is 1.53 bits per heavy atom. The van der Waals surface area contributed by atoms with E-state index in [1.165, 1.54) is 44.1 Å². The van der Waals surface area contributed by atoms with E-state index in [4.69, 9.17) is 5.73 Å². The summed E-state index contributed by atoms with van der Waals surface area (Å²) in [4.78, 5) is 0. The first-order valence-corrected chi connectivity index (χ1v) is 6.13. The van der Waals surface area contributed by atoms with Gasteiger partial charge in [0.1, 0.15) is 0 Å². The number of nitrogens with two attached hydrogens (primary N) is 1. The van der Waals surface area contributed by atoms with Crippen molar-refractivity contribution in [2.24, 2.45) is 5.73 Å². The Morgan fingerprint density at radius 3 is 2.07 bits per heavy atom. The molecule has 1 saturated carbocycles. The molecule has 0 saturated heterocycles. The molecule has 1 fully saturated rings. The summed E-state index contributed by atoms with van der Waals surface area (Å²) in [7, 11) is 0. The maximum absolute atomic E-state index is 6.04. The van der Waals surface area contributed by atoms with Gasteiger partial charge < -0.3 is 5.73 Å². The van der Waals surface area contributed by atoms with Crippen molar-refractivity contribution in [2.45, 2.75) is 43.9 Å². The molecule has 1 aromatic rings. The van der Waals surface area contributed by atoms with E-state index < -0.39 is 0 Å². The molecular weight excluding hydrogens is 182 g/mol. The average Bonchev–Trinajstić information content (AvgIpc) is 2.56. The van der Waals surface area contributed by atoms with Crippen molar-refractivity contribution in [2.75, 3.05) is 6.54 Å². The molecule has 82 valence electrons. The maximum atomic E-state index is 6.04. The first kappa shape index (κ1) is 10.7. The molecule has 0 aliphatic heterocycles. The van der Waals surface area contributed by atoms with Crippen molar-refractivity contribution in [3.63, 3.8) is 0 Å². The Hall–Kier alpha value is -0.820. The molecule has 1 aliphatic carbocycles. The van der Waals surface area contributed by atoms with E-state index in [2.05, 4.69) is 30.3 Å². The summed E-state index contributed by atoms with van der Waals surface area (Å²) in [5.41, 5.74) is 7.77. The van der Waals surface area contributed by atoms with Crippen LogP contribution in [0.4, 0.5) is 0 Å². The molecule has 0 radical (unpaired) electrons. The van der Waals surface area contributed by atoms with Crippen LogP contribution in [-0.2, 0) is 5.41 Å². The molecule has 1 aromatic carbocycles. The summed E-state index contributed by atoms with van der Waals surface area (Å²) >= 11 is 0. The summed E-state index contributed by atoms with van der Waals surface area (Å²) in [5, 5.41) is 0. The summed E-state index contributed by atoms with van der Waals surface area (Å²) in [6.07, 6.45) is 7.99. The fraction of sp³-hybridized carbons (Fsp3) is 0.571. The molecule has 2 rings (SSSR count). The molecule has 0 amide bonds. The highest BCUT2D eigenvalue weighted by Crippen LogP contribution is 2.37. The van der Waals surface area contributed by atoms with Gasteiger partial charge in [-0.3, -0.25) is 0 Å². The predicted molar refractivity (Wildman–Crippen MR) is 64.9 cm³/mol. The van der Waals surface area contributed by atoms with Gasteiger partial charge in [0, 0.05) is 12.0 Å². The second-order valence-corrected chi connectivity index (χ2v) is 4.76. The third-order valence-corrected chi connectivity index (χ3v) is 3.84. The predicted octanol–water partition coefficient (Wildman–Crippen LogP) is 3.24. The highest BCUT2D eigenvalue weighted by atomic mass is 14.6. The molecule has 15 heavy (non-hydrogen) atoms. The van der Waals surface area contributed by atoms with Crippen LogP contribution in [0.1, 0.15) is 44.1 Å². The largest absolute Gasteiger partial charge is 0.330 e. The second-order valence-electron chi connectivity index (χ2n) is 4.76. The maximum Gasteiger partial charge on any atom is 0.00755 e. The Balaban J connectivity index is 2.27. The van der Waals surface area contributed by atoms with Crippen LogP contribution < -0.4 is 5.73 Å². The lowest BCUT2D eigenvalue weighted by atomic mass is 9.74. The summed E-state index contributed by atoms with van der Waals surface area (Å²) in [6.45, 7) is 0.803. The van der Waals surface area contributed by atoms with Gasteiger partial charge in [-0.05, 0) is 18.4 Å². The quantitative estimate of drug-likeness (QED) is 0.734. The van der Waals surface area contributed by atoms with Gasteiger partial charge in [0.25, 0.3) is 0 Å². The van der Waals surface area contributed by atoms with Crippen LogP contribution in [0, 0.1) is 0 Å². The molecule has 1 heteroatoms. The number of hydrogen-bond acceptors (Lipinski definition) is 1. The molecule has 1 nitrogen and oxygen atoms in total. The molecule has 0 heterocycles. The van der Waals surface area contributed by atoms with E-state index in [1.54, 1.807) is 0 Å². The standard InChI is InChI=1S/C14H21N/c15-12-14(10-6-1-2-7-11-14)13-8-4-3-5-9-13/h3-5,8-9H,1-2,6-7,10-12,15H2. The minimum Gasteiger partial charge on any atom is -0.330 e. The normalized spacial score (nSPS) is 20.9. The Bertz CT molecular complexity index is 283. The number of hydrogen-bond donors (Lipinski definition) is 1. The molecule has 0 atom stereocenters. The van der Waals surface area contributed by atoms with Crippen molar-refractivity contribution < 1.29 is 0 Å². The van der Waals surface area contributed by atoms with Crippen molar-refractivity contribution in [1.29, 1.82) is 0 Å². The fourth-order valence-corrected chi connectivity index (χ4v) is 2.81. The van der Waals surface area contributed by atoms with Crippen molar-refractivity contribution in [3.05, 3.63) is 35.9 Å². The highest BCUT2D eigenvalue weighted by molar-refractivity contribution is 5.26. The van der Waals surface area contributed by atoms with Gasteiger partial charge >= 0.3 is 0 Å². The van der Waals surface area contributed by atoms with Crippen LogP contribution in [0.25, 0.3) is 0 Å². The van der Waals surface area contributed by atoms with Gasteiger partial charge in [-0.15, -0.1) is 0 Å². The minimum absolute atomic E-state index is 0.276. The first-order valence-electron chi connectivity index (χ1n) is 6.13. The summed E-state index contributed by atoms with van der Waals surface area (Å²) < 4.78 is 0. The van der Waals surface area contributed by atoms with E-state index in [9.17, 15) is 0 Å². The van der Waals surface area contributed by atoms with Gasteiger partial charge in [0.2, 0.25) is 0 Å². The van der Waals surface area contributed by atoms with Crippen LogP contribution in [0.5, 0.6) is 0 Å². The number of rotatable bonds is 2. The van der Waals surface area contributed by atoms with Crippen LogP contribution in [0.3, 0.4) is 0 Å². The molecular formula is C14H21N. The summed E-state index contributed by atoms with van der Waals surface area (Å²) in [5.74, 6) is 0. The van der Waals surface area contributed by atoms with Gasteiger partial charge in [-0.25, -0.2) is 0 Å². The topological polar surface area (TPSA) is 26.0 Å². The molecule has 0 bridgehead atoms. The SMILES string of the molecule is NCC1(c2ccccc2)CCCCCC1. The van der Waals surface area contributed by atoms with Crippen LogP contribution in [0.2, 0.25) is 0 Å². The summed E-state index contributed by atoms with van der Waals surface area (Å²) in [6, 6.07) is 10.9. The van der Waals surface area contributed by atoms with Crippen LogP contribution >= 0.6 is 0 Å². The monoisotopic (exact) mass is 203 g/mol. The molecule has 0 spiro atoms. The van der Waals surface area contributed by atoms with Crippen LogP contribution in [-0.4, -0.2) is 6.54 Å². The number of benzene rings is 1. The lowest BCUT2D eigenvalue weighted by Gasteiger charge is -2.32. The van der Waals surface area contributed by atoms with Gasteiger partial charge in [-0.2, -0.15) is 0 Å². The molecule has 1 aliphatic rings. The zero-order valence-corrected chi connectivity index (χ0v) is 9.41. The zero-order chi connectivity index (χ0) is 10.6. The van der Waals surface area contributed by atoms with E-state index in [0.717, 1.165) is 6.54 Å².